The van der Waals surface area contributed by atoms with Gasteiger partial charge in [-0.15, -0.1) is 35.3 Å². The van der Waals surface area contributed by atoms with Gasteiger partial charge in [-0.25, -0.2) is 9.37 Å². The van der Waals surface area contributed by atoms with Gasteiger partial charge < -0.3 is 16.0 Å². The molecule has 154 valence electrons. The average molecular weight is 519 g/mol. The molecule has 0 aliphatic heterocycles. The highest BCUT2D eigenvalue weighted by Gasteiger charge is 2.21. The van der Waals surface area contributed by atoms with E-state index in [-0.39, 0.29) is 41.1 Å². The van der Waals surface area contributed by atoms with Gasteiger partial charge in [-0.2, -0.15) is 0 Å². The van der Waals surface area contributed by atoms with Crippen molar-refractivity contribution in [3.63, 3.8) is 0 Å². The summed E-state index contributed by atoms with van der Waals surface area (Å²) in [5, 5.41) is 9.26. The summed E-state index contributed by atoms with van der Waals surface area (Å²) in [6.45, 7) is 7.48. The minimum Gasteiger partial charge on any atom is -0.356 e. The van der Waals surface area contributed by atoms with E-state index in [1.54, 1.807) is 24.7 Å². The van der Waals surface area contributed by atoms with Gasteiger partial charge in [-0.05, 0) is 24.6 Å². The van der Waals surface area contributed by atoms with Crippen molar-refractivity contribution in [1.29, 1.82) is 0 Å². The Kier molecular flexibility index (Phi) is 9.80. The van der Waals surface area contributed by atoms with Gasteiger partial charge in [0.25, 0.3) is 5.91 Å². The van der Waals surface area contributed by atoms with Crippen molar-refractivity contribution in [2.75, 3.05) is 26.7 Å². The molecule has 9 heteroatoms. The maximum absolute atomic E-state index is 13.5. The number of hydrogen-bond donors (Lipinski definition) is 3. The number of hydrogen-bond acceptors (Lipinski definition) is 4. The molecule has 0 fully saturated rings. The summed E-state index contributed by atoms with van der Waals surface area (Å²) in [7, 11) is 1.68. The SMILES string of the molecule is CN=C(NCCNC(=O)c1scnc1C)NCC(C)(C)c1cccc(F)c1.I. The molecule has 28 heavy (non-hydrogen) atoms. The second-order valence-corrected chi connectivity index (χ2v) is 7.62. The Morgan fingerprint density at radius 1 is 1.25 bits per heavy atom. The number of rotatable bonds is 7. The minimum atomic E-state index is -0.266. The topological polar surface area (TPSA) is 78.4 Å². The van der Waals surface area contributed by atoms with Crippen LogP contribution in [0, 0.1) is 12.7 Å². The molecular weight excluding hydrogens is 492 g/mol. The second kappa shape index (κ2) is 11.3. The number of aryl methyl sites for hydroxylation is 1. The molecule has 0 aliphatic rings. The molecule has 0 radical (unpaired) electrons. The quantitative estimate of drug-likeness (QED) is 0.228. The molecule has 0 atom stereocenters. The molecule has 2 aromatic rings. The van der Waals surface area contributed by atoms with Crippen LogP contribution in [0.1, 0.15) is 34.8 Å². The van der Waals surface area contributed by atoms with E-state index in [2.05, 4.69) is 25.9 Å². The zero-order valence-corrected chi connectivity index (χ0v) is 19.7. The Morgan fingerprint density at radius 2 is 1.96 bits per heavy atom. The first kappa shape index (κ1) is 24.3. The van der Waals surface area contributed by atoms with Crippen molar-refractivity contribution in [3.8, 4) is 0 Å². The van der Waals surface area contributed by atoms with Crippen molar-refractivity contribution in [2.24, 2.45) is 4.99 Å². The van der Waals surface area contributed by atoms with E-state index >= 15 is 0 Å². The third-order valence-electron chi connectivity index (χ3n) is 4.18. The van der Waals surface area contributed by atoms with Crippen LogP contribution in [0.5, 0.6) is 0 Å². The van der Waals surface area contributed by atoms with Crippen molar-refractivity contribution < 1.29 is 9.18 Å². The molecule has 0 spiro atoms. The van der Waals surface area contributed by atoms with E-state index in [1.807, 2.05) is 26.8 Å². The normalized spacial score (nSPS) is 11.5. The monoisotopic (exact) mass is 519 g/mol. The smallest absolute Gasteiger partial charge is 0.263 e. The van der Waals surface area contributed by atoms with E-state index in [0.717, 1.165) is 11.3 Å². The number of guanidine groups is 1. The molecule has 0 aliphatic carbocycles. The Morgan fingerprint density at radius 3 is 2.57 bits per heavy atom. The van der Waals surface area contributed by atoms with Crippen LogP contribution in [0.2, 0.25) is 0 Å². The number of benzene rings is 1. The van der Waals surface area contributed by atoms with Crippen LogP contribution in [-0.2, 0) is 5.41 Å². The van der Waals surface area contributed by atoms with Crippen molar-refractivity contribution in [3.05, 3.63) is 51.7 Å². The number of amides is 1. The highest BCUT2D eigenvalue weighted by atomic mass is 127. The first-order chi connectivity index (χ1) is 12.8. The number of halogens is 2. The van der Waals surface area contributed by atoms with Crippen molar-refractivity contribution in [1.82, 2.24) is 20.9 Å². The molecule has 2 rings (SSSR count). The third-order valence-corrected chi connectivity index (χ3v) is 5.11. The summed E-state index contributed by atoms with van der Waals surface area (Å²) in [5.41, 5.74) is 3.05. The largest absolute Gasteiger partial charge is 0.356 e. The maximum Gasteiger partial charge on any atom is 0.263 e. The van der Waals surface area contributed by atoms with Crippen LogP contribution in [0.25, 0.3) is 0 Å². The van der Waals surface area contributed by atoms with Gasteiger partial charge in [0.05, 0.1) is 11.2 Å². The molecule has 1 aromatic carbocycles. The molecule has 0 unspecified atom stereocenters. The fraction of sp³-hybridized carbons (Fsp3) is 0.421. The van der Waals surface area contributed by atoms with E-state index in [1.165, 1.54) is 17.4 Å². The lowest BCUT2D eigenvalue weighted by Crippen LogP contribution is -2.45. The maximum atomic E-state index is 13.5. The Bertz CT molecular complexity index is 809. The number of carbonyl (C=O) groups is 1. The highest BCUT2D eigenvalue weighted by Crippen LogP contribution is 2.22. The van der Waals surface area contributed by atoms with Crippen LogP contribution < -0.4 is 16.0 Å². The molecular formula is C19H27FIN5OS. The predicted molar refractivity (Wildman–Crippen MR) is 123 cm³/mol. The summed E-state index contributed by atoms with van der Waals surface area (Å²) in [4.78, 5) is 20.9. The molecule has 1 heterocycles. The van der Waals surface area contributed by atoms with Gasteiger partial charge in [-0.3, -0.25) is 9.79 Å². The number of aliphatic imine (C=N–C) groups is 1. The zero-order chi connectivity index (χ0) is 19.9. The van der Waals surface area contributed by atoms with Crippen LogP contribution in [0.4, 0.5) is 4.39 Å². The van der Waals surface area contributed by atoms with Gasteiger partial charge >= 0.3 is 0 Å². The first-order valence-electron chi connectivity index (χ1n) is 8.72. The van der Waals surface area contributed by atoms with E-state index < -0.39 is 0 Å². The van der Waals surface area contributed by atoms with Gasteiger partial charge in [0.15, 0.2) is 5.96 Å². The highest BCUT2D eigenvalue weighted by molar-refractivity contribution is 14.0. The summed E-state index contributed by atoms with van der Waals surface area (Å²) in [6, 6.07) is 6.62. The first-order valence-corrected chi connectivity index (χ1v) is 9.60. The lowest BCUT2D eigenvalue weighted by molar-refractivity contribution is 0.0957. The number of carbonyl (C=O) groups excluding carboxylic acids is 1. The van der Waals surface area contributed by atoms with Crippen molar-refractivity contribution in [2.45, 2.75) is 26.2 Å². The predicted octanol–water partition coefficient (Wildman–Crippen LogP) is 3.08. The number of nitrogens with one attached hydrogen (secondary N) is 3. The minimum absolute atomic E-state index is 0. The number of nitrogens with zero attached hydrogens (tertiary/aromatic N) is 2. The Labute approximate surface area is 186 Å². The summed E-state index contributed by atoms with van der Waals surface area (Å²) in [5.74, 6) is 0.268. The fourth-order valence-electron chi connectivity index (χ4n) is 2.49. The number of aromatic nitrogens is 1. The summed E-state index contributed by atoms with van der Waals surface area (Å²) >= 11 is 1.33. The zero-order valence-electron chi connectivity index (χ0n) is 16.5. The lowest BCUT2D eigenvalue weighted by atomic mass is 9.84. The molecule has 0 saturated heterocycles. The van der Waals surface area contributed by atoms with E-state index in [9.17, 15) is 9.18 Å². The van der Waals surface area contributed by atoms with Crippen LogP contribution in [0.15, 0.2) is 34.8 Å². The van der Waals surface area contributed by atoms with E-state index in [4.69, 9.17) is 0 Å². The average Bonchev–Trinajstić information content (AvgIpc) is 3.07. The third kappa shape index (κ3) is 7.01. The van der Waals surface area contributed by atoms with Crippen LogP contribution in [0.3, 0.4) is 0 Å². The molecule has 1 amide bonds. The molecule has 0 saturated carbocycles. The van der Waals surface area contributed by atoms with Gasteiger partial charge in [0.2, 0.25) is 0 Å². The van der Waals surface area contributed by atoms with Gasteiger partial charge in [0.1, 0.15) is 10.7 Å². The molecule has 3 N–H and O–H groups in total. The number of thiazole rings is 1. The standard InChI is InChI=1S/C19H26FN5OS.HI/c1-13-16(27-12-25-13)17(26)22-8-9-23-18(21-4)24-11-19(2,3)14-6-5-7-15(20)10-14;/h5-7,10,12H,8-9,11H2,1-4H3,(H,22,26)(H2,21,23,24);1H. The van der Waals surface area contributed by atoms with Crippen LogP contribution in [-0.4, -0.2) is 43.5 Å². The molecule has 0 bridgehead atoms. The summed E-state index contributed by atoms with van der Waals surface area (Å²) in [6.07, 6.45) is 0. The van der Waals surface area contributed by atoms with Crippen LogP contribution >= 0.6 is 35.3 Å². The molecule has 6 nitrogen and oxygen atoms in total. The van der Waals surface area contributed by atoms with E-state index in [0.29, 0.717) is 30.5 Å². The second-order valence-electron chi connectivity index (χ2n) is 6.77. The van der Waals surface area contributed by atoms with Crippen molar-refractivity contribution >= 4 is 47.2 Å². The van der Waals surface area contributed by atoms with Gasteiger partial charge in [0, 0.05) is 32.1 Å². The summed E-state index contributed by atoms with van der Waals surface area (Å²) < 4.78 is 13.5. The fourth-order valence-corrected chi connectivity index (χ4v) is 3.21. The van der Waals surface area contributed by atoms with Gasteiger partial charge in [-0.1, -0.05) is 26.0 Å². The Balaban J connectivity index is 0.00000392. The molecule has 1 aromatic heterocycles. The Hall–Kier alpha value is -1.75. The lowest BCUT2D eigenvalue weighted by Gasteiger charge is -2.27.